The molecule has 0 bridgehead atoms. The van der Waals surface area contributed by atoms with Crippen LogP contribution < -0.4 is 5.32 Å². The van der Waals surface area contributed by atoms with E-state index in [2.05, 4.69) is 21.2 Å². The number of aliphatic hydroxyl groups excluding tert-OH is 1. The Morgan fingerprint density at radius 2 is 2.33 bits per heavy atom. The number of nitrogens with one attached hydrogen (secondary N) is 1. The van der Waals surface area contributed by atoms with Crippen molar-refractivity contribution in [3.05, 3.63) is 32.0 Å². The number of nitro benzene ring substituents is 1. The first kappa shape index (κ1) is 11.9. The Hall–Kier alpha value is -1.21. The van der Waals surface area contributed by atoms with Gasteiger partial charge in [-0.3, -0.25) is 10.1 Å². The molecule has 0 aliphatic heterocycles. The van der Waals surface area contributed by atoms with Gasteiger partial charge in [-0.15, -0.1) is 0 Å². The quantitative estimate of drug-likeness (QED) is 0.655. The molecule has 0 saturated heterocycles. The van der Waals surface area contributed by atoms with Crippen LogP contribution in [-0.4, -0.2) is 17.1 Å². The maximum atomic E-state index is 13.5. The summed E-state index contributed by atoms with van der Waals surface area (Å²) in [6.45, 7) is -0.399. The average molecular weight is 279 g/mol. The molecule has 1 rings (SSSR count). The van der Waals surface area contributed by atoms with Gasteiger partial charge in [0.2, 0.25) is 5.82 Å². The fourth-order valence-electron chi connectivity index (χ4n) is 1.15. The summed E-state index contributed by atoms with van der Waals surface area (Å²) in [7, 11) is 1.44. The second kappa shape index (κ2) is 4.54. The van der Waals surface area contributed by atoms with E-state index in [-0.39, 0.29) is 15.7 Å². The van der Waals surface area contributed by atoms with Crippen LogP contribution in [0, 0.1) is 15.9 Å². The van der Waals surface area contributed by atoms with Crippen molar-refractivity contribution in [2.75, 3.05) is 12.4 Å². The molecule has 0 aliphatic rings. The van der Waals surface area contributed by atoms with Gasteiger partial charge in [0, 0.05) is 7.05 Å². The van der Waals surface area contributed by atoms with E-state index in [1.165, 1.54) is 13.1 Å². The molecule has 1 aromatic rings. The SMILES string of the molecule is CNc1cc(CO)c(Br)c(F)c1[N+](=O)[O-]. The molecule has 15 heavy (non-hydrogen) atoms. The fraction of sp³-hybridized carbons (Fsp3) is 0.250. The Balaban J connectivity index is 3.51. The lowest BCUT2D eigenvalue weighted by atomic mass is 10.1. The van der Waals surface area contributed by atoms with Crippen molar-refractivity contribution in [1.29, 1.82) is 0 Å². The molecule has 0 aliphatic carbocycles. The van der Waals surface area contributed by atoms with E-state index in [1.54, 1.807) is 0 Å². The van der Waals surface area contributed by atoms with Crippen LogP contribution >= 0.6 is 15.9 Å². The minimum atomic E-state index is -0.990. The lowest BCUT2D eigenvalue weighted by Gasteiger charge is -2.08. The molecule has 5 nitrogen and oxygen atoms in total. The highest BCUT2D eigenvalue weighted by Crippen LogP contribution is 2.35. The van der Waals surface area contributed by atoms with Gasteiger partial charge >= 0.3 is 5.69 Å². The molecule has 7 heteroatoms. The van der Waals surface area contributed by atoms with Gasteiger partial charge < -0.3 is 10.4 Å². The third-order valence-corrected chi connectivity index (χ3v) is 2.74. The van der Waals surface area contributed by atoms with Crippen molar-refractivity contribution in [2.45, 2.75) is 6.61 Å². The maximum Gasteiger partial charge on any atom is 0.328 e. The van der Waals surface area contributed by atoms with E-state index in [4.69, 9.17) is 5.11 Å². The zero-order valence-corrected chi connectivity index (χ0v) is 9.34. The molecule has 0 amide bonds. The normalized spacial score (nSPS) is 10.1. The maximum absolute atomic E-state index is 13.5. The van der Waals surface area contributed by atoms with Gasteiger partial charge in [0.15, 0.2) is 0 Å². The van der Waals surface area contributed by atoms with Crippen LogP contribution in [0.1, 0.15) is 5.56 Å². The minimum absolute atomic E-state index is 0.0322. The summed E-state index contributed by atoms with van der Waals surface area (Å²) in [4.78, 5) is 9.78. The lowest BCUT2D eigenvalue weighted by molar-refractivity contribution is -0.386. The number of benzene rings is 1. The van der Waals surface area contributed by atoms with Crippen molar-refractivity contribution in [1.82, 2.24) is 0 Å². The summed E-state index contributed by atoms with van der Waals surface area (Å²) in [5.74, 6) is -0.990. The van der Waals surface area contributed by atoms with Crippen LogP contribution in [0.2, 0.25) is 0 Å². The molecule has 0 fully saturated rings. The molecule has 82 valence electrons. The van der Waals surface area contributed by atoms with Gasteiger partial charge in [-0.2, -0.15) is 4.39 Å². The molecular formula is C8H8BrFN2O3. The molecule has 0 aromatic heterocycles. The summed E-state index contributed by atoms with van der Waals surface area (Å²) in [6.07, 6.45) is 0. The van der Waals surface area contributed by atoms with E-state index in [1.807, 2.05) is 0 Å². The first-order valence-electron chi connectivity index (χ1n) is 3.96. The zero-order valence-electron chi connectivity index (χ0n) is 7.75. The number of anilines is 1. The van der Waals surface area contributed by atoms with Gasteiger partial charge in [-0.1, -0.05) is 0 Å². The van der Waals surface area contributed by atoms with Crippen LogP contribution in [0.15, 0.2) is 10.5 Å². The van der Waals surface area contributed by atoms with E-state index in [0.717, 1.165) is 0 Å². The number of nitro groups is 1. The predicted molar refractivity (Wildman–Crippen MR) is 56.2 cm³/mol. The monoisotopic (exact) mass is 278 g/mol. The van der Waals surface area contributed by atoms with Crippen LogP contribution in [0.25, 0.3) is 0 Å². The molecule has 0 saturated carbocycles. The van der Waals surface area contributed by atoms with E-state index in [9.17, 15) is 14.5 Å². The Kier molecular flexibility index (Phi) is 3.59. The number of rotatable bonds is 3. The topological polar surface area (TPSA) is 75.4 Å². The van der Waals surface area contributed by atoms with E-state index in [0.29, 0.717) is 0 Å². The van der Waals surface area contributed by atoms with Crippen molar-refractivity contribution in [3.8, 4) is 0 Å². The average Bonchev–Trinajstić information content (AvgIpc) is 2.20. The molecule has 2 N–H and O–H groups in total. The first-order valence-corrected chi connectivity index (χ1v) is 4.76. The molecule has 0 spiro atoms. The third-order valence-electron chi connectivity index (χ3n) is 1.88. The summed E-state index contributed by atoms with van der Waals surface area (Å²) in [6, 6.07) is 1.32. The fourth-order valence-corrected chi connectivity index (χ4v) is 1.58. The van der Waals surface area contributed by atoms with Crippen molar-refractivity contribution < 1.29 is 14.4 Å². The predicted octanol–water partition coefficient (Wildman–Crippen LogP) is 2.03. The first-order chi connectivity index (χ1) is 7.02. The van der Waals surface area contributed by atoms with E-state index >= 15 is 0 Å². The Bertz CT molecular complexity index is 411. The second-order valence-corrected chi connectivity index (χ2v) is 3.52. The highest BCUT2D eigenvalue weighted by Gasteiger charge is 2.24. The van der Waals surface area contributed by atoms with Gasteiger partial charge in [0.1, 0.15) is 5.69 Å². The molecule has 1 aromatic carbocycles. The van der Waals surface area contributed by atoms with Crippen LogP contribution in [-0.2, 0) is 6.61 Å². The van der Waals surface area contributed by atoms with E-state index < -0.39 is 23.0 Å². The molecule has 0 radical (unpaired) electrons. The van der Waals surface area contributed by atoms with Crippen molar-refractivity contribution in [3.63, 3.8) is 0 Å². The van der Waals surface area contributed by atoms with Gasteiger partial charge in [0.05, 0.1) is 16.0 Å². The standard InChI is InChI=1S/C8H8BrFN2O3/c1-11-5-2-4(3-13)6(9)7(10)8(5)12(14)15/h2,11,13H,3H2,1H3. The van der Waals surface area contributed by atoms with Gasteiger partial charge in [0.25, 0.3) is 0 Å². The highest BCUT2D eigenvalue weighted by molar-refractivity contribution is 9.10. The molecule has 0 unspecified atom stereocenters. The Morgan fingerprint density at radius 3 is 2.73 bits per heavy atom. The van der Waals surface area contributed by atoms with Crippen LogP contribution in [0.5, 0.6) is 0 Å². The van der Waals surface area contributed by atoms with Crippen molar-refractivity contribution >= 4 is 27.3 Å². The van der Waals surface area contributed by atoms with Crippen LogP contribution in [0.4, 0.5) is 15.8 Å². The number of nitrogens with zero attached hydrogens (tertiary/aromatic N) is 1. The Morgan fingerprint density at radius 1 is 1.73 bits per heavy atom. The molecule has 0 heterocycles. The third kappa shape index (κ3) is 2.07. The smallest absolute Gasteiger partial charge is 0.328 e. The summed E-state index contributed by atoms with van der Waals surface area (Å²) in [5, 5.41) is 22.0. The van der Waals surface area contributed by atoms with Gasteiger partial charge in [-0.25, -0.2) is 0 Å². The number of hydrogen-bond acceptors (Lipinski definition) is 4. The van der Waals surface area contributed by atoms with Crippen molar-refractivity contribution in [2.24, 2.45) is 0 Å². The highest BCUT2D eigenvalue weighted by atomic mass is 79.9. The summed E-state index contributed by atoms with van der Waals surface area (Å²) < 4.78 is 13.4. The lowest BCUT2D eigenvalue weighted by Crippen LogP contribution is -2.03. The zero-order chi connectivity index (χ0) is 11.6. The largest absolute Gasteiger partial charge is 0.392 e. The van der Waals surface area contributed by atoms with Crippen LogP contribution in [0.3, 0.4) is 0 Å². The summed E-state index contributed by atoms with van der Waals surface area (Å²) in [5.41, 5.74) is -0.353. The minimum Gasteiger partial charge on any atom is -0.392 e. The summed E-state index contributed by atoms with van der Waals surface area (Å²) >= 11 is 2.86. The molecular weight excluding hydrogens is 271 g/mol. The Labute approximate surface area is 93.2 Å². The number of hydrogen-bond donors (Lipinski definition) is 2. The number of halogens is 2. The van der Waals surface area contributed by atoms with Gasteiger partial charge in [-0.05, 0) is 27.6 Å². The second-order valence-electron chi connectivity index (χ2n) is 2.73. The number of aliphatic hydroxyl groups is 1. The molecule has 0 atom stereocenters.